The molecule has 15 heteroatoms. The lowest BCUT2D eigenvalue weighted by molar-refractivity contribution is -0.145. The molecular formula is C32H40N6O9. The molecule has 0 saturated carbocycles. The first-order chi connectivity index (χ1) is 22.4. The number of benzene rings is 2. The topological polar surface area (TPSA) is 220 Å². The van der Waals surface area contributed by atoms with Crippen LogP contribution >= 0.6 is 0 Å². The van der Waals surface area contributed by atoms with Gasteiger partial charge in [-0.1, -0.05) is 62.4 Å². The number of aliphatic hydroxyl groups is 1. The van der Waals surface area contributed by atoms with Gasteiger partial charge in [0.25, 0.3) is 5.91 Å². The number of hydrogen-bond donors (Lipinski definition) is 6. The number of carbonyl (C=O) groups excluding carboxylic acids is 6. The zero-order chi connectivity index (χ0) is 34.5. The highest BCUT2D eigenvalue weighted by molar-refractivity contribution is 5.93. The van der Waals surface area contributed by atoms with Crippen molar-refractivity contribution >= 4 is 46.6 Å². The van der Waals surface area contributed by atoms with Crippen molar-refractivity contribution in [2.24, 2.45) is 11.7 Å². The molecule has 2 aromatic carbocycles. The van der Waals surface area contributed by atoms with E-state index in [0.717, 1.165) is 12.7 Å². The number of alkyl carbamates (subject to hydrolysis) is 1. The van der Waals surface area contributed by atoms with Gasteiger partial charge in [0.05, 0.1) is 25.8 Å². The van der Waals surface area contributed by atoms with Crippen LogP contribution in [0.25, 0.3) is 10.9 Å². The van der Waals surface area contributed by atoms with Crippen LogP contribution < -0.4 is 27.0 Å². The summed E-state index contributed by atoms with van der Waals surface area (Å²) in [6.07, 6.45) is -0.701. The van der Waals surface area contributed by atoms with Gasteiger partial charge in [0.15, 0.2) is 6.17 Å². The lowest BCUT2D eigenvalue weighted by atomic mass is 10.0. The molecule has 5 amide bonds. The van der Waals surface area contributed by atoms with E-state index in [1.165, 1.54) is 10.8 Å². The molecule has 3 aromatic rings. The molecule has 7 N–H and O–H groups in total. The van der Waals surface area contributed by atoms with E-state index in [9.17, 15) is 33.9 Å². The standard InChI is InChI=1S/C32H40N6O9/c1-19(2)13-26(40)34-15-27(41)35-24(17-39)30(43)36-23(31(44)46-3)14-21-16-38(25-12-8-7-11-22(21)25)29(28(33)42)37-32(45)47-18-20-9-5-4-6-10-20/h4-12,16,19,23-24,29,39H,13-15,17-18H2,1-3H3,(H2,33,42)(H,34,40)(H,35,41)(H,36,43)(H,37,45). The molecule has 1 heterocycles. The summed E-state index contributed by atoms with van der Waals surface area (Å²) >= 11 is 0. The number of hydrogen-bond acceptors (Lipinski definition) is 9. The van der Waals surface area contributed by atoms with Crippen LogP contribution in [0.15, 0.2) is 60.8 Å². The summed E-state index contributed by atoms with van der Waals surface area (Å²) in [5.41, 5.74) is 7.35. The first-order valence-electron chi connectivity index (χ1n) is 14.8. The molecule has 47 heavy (non-hydrogen) atoms. The fourth-order valence-corrected chi connectivity index (χ4v) is 4.70. The van der Waals surface area contributed by atoms with Crippen LogP contribution in [0.3, 0.4) is 0 Å². The van der Waals surface area contributed by atoms with E-state index in [-0.39, 0.29) is 31.3 Å². The fourth-order valence-electron chi connectivity index (χ4n) is 4.70. The molecule has 3 atom stereocenters. The lowest BCUT2D eigenvalue weighted by Crippen LogP contribution is -2.55. The summed E-state index contributed by atoms with van der Waals surface area (Å²) in [5.74, 6) is -3.59. The number of para-hydroxylation sites is 1. The van der Waals surface area contributed by atoms with Crippen molar-refractivity contribution in [3.8, 4) is 0 Å². The monoisotopic (exact) mass is 652 g/mol. The molecule has 3 rings (SSSR count). The van der Waals surface area contributed by atoms with Crippen LogP contribution in [0.5, 0.6) is 0 Å². The second-order valence-electron chi connectivity index (χ2n) is 11.1. The number of nitrogens with one attached hydrogen (secondary N) is 4. The minimum absolute atomic E-state index is 0.0433. The highest BCUT2D eigenvalue weighted by Gasteiger charge is 2.30. The Morgan fingerprint density at radius 3 is 2.21 bits per heavy atom. The van der Waals surface area contributed by atoms with E-state index in [0.29, 0.717) is 16.5 Å². The Labute approximate surface area is 271 Å². The van der Waals surface area contributed by atoms with Gasteiger partial charge in [-0.3, -0.25) is 24.5 Å². The molecule has 1 aromatic heterocycles. The smallest absolute Gasteiger partial charge is 0.409 e. The van der Waals surface area contributed by atoms with Crippen LogP contribution in [-0.4, -0.2) is 77.7 Å². The van der Waals surface area contributed by atoms with Gasteiger partial charge < -0.3 is 40.8 Å². The van der Waals surface area contributed by atoms with Crippen molar-refractivity contribution in [1.82, 2.24) is 25.8 Å². The first-order valence-corrected chi connectivity index (χ1v) is 14.8. The third-order valence-electron chi connectivity index (χ3n) is 6.94. The quantitative estimate of drug-likeness (QED) is 0.118. The van der Waals surface area contributed by atoms with Crippen molar-refractivity contribution in [3.63, 3.8) is 0 Å². The van der Waals surface area contributed by atoms with E-state index in [1.54, 1.807) is 48.5 Å². The molecular weight excluding hydrogens is 612 g/mol. The van der Waals surface area contributed by atoms with Gasteiger partial charge in [-0.05, 0) is 23.1 Å². The number of fused-ring (bicyclic) bond motifs is 1. The Hall–Kier alpha value is -5.44. The van der Waals surface area contributed by atoms with Gasteiger partial charge in [-0.2, -0.15) is 0 Å². The maximum absolute atomic E-state index is 13.1. The maximum atomic E-state index is 13.1. The number of rotatable bonds is 16. The minimum Gasteiger partial charge on any atom is -0.467 e. The van der Waals surface area contributed by atoms with Crippen LogP contribution in [0.1, 0.15) is 37.6 Å². The van der Waals surface area contributed by atoms with E-state index in [2.05, 4.69) is 21.3 Å². The first kappa shape index (κ1) is 36.0. The van der Waals surface area contributed by atoms with Gasteiger partial charge in [0.2, 0.25) is 17.7 Å². The molecule has 15 nitrogen and oxygen atoms in total. The number of primary amides is 1. The number of methoxy groups -OCH3 is 1. The number of ether oxygens (including phenoxy) is 2. The predicted molar refractivity (Wildman–Crippen MR) is 169 cm³/mol. The molecule has 0 radical (unpaired) electrons. The molecule has 0 aliphatic heterocycles. The highest BCUT2D eigenvalue weighted by Crippen LogP contribution is 2.26. The average Bonchev–Trinajstić information content (AvgIpc) is 3.41. The van der Waals surface area contributed by atoms with Gasteiger partial charge >= 0.3 is 12.1 Å². The molecule has 0 aliphatic carbocycles. The molecule has 0 spiro atoms. The van der Waals surface area contributed by atoms with Crippen molar-refractivity contribution in [2.75, 3.05) is 20.3 Å². The normalized spacial score (nSPS) is 12.8. The van der Waals surface area contributed by atoms with E-state index < -0.39 is 61.2 Å². The number of aromatic nitrogens is 1. The Kier molecular flexibility index (Phi) is 13.3. The summed E-state index contributed by atoms with van der Waals surface area (Å²) in [5, 5.41) is 20.1. The van der Waals surface area contributed by atoms with Gasteiger partial charge in [0.1, 0.15) is 18.7 Å². The Bertz CT molecular complexity index is 1570. The number of carbonyl (C=O) groups is 6. The van der Waals surface area contributed by atoms with Crippen molar-refractivity contribution in [1.29, 1.82) is 0 Å². The van der Waals surface area contributed by atoms with Gasteiger partial charge in [-0.25, -0.2) is 9.59 Å². The zero-order valence-electron chi connectivity index (χ0n) is 26.4. The number of amides is 5. The molecule has 252 valence electrons. The number of nitrogens with zero attached hydrogens (tertiary/aromatic N) is 1. The number of nitrogens with two attached hydrogens (primary N) is 1. The average molecular weight is 653 g/mol. The summed E-state index contributed by atoms with van der Waals surface area (Å²) < 4.78 is 11.6. The highest BCUT2D eigenvalue weighted by atomic mass is 16.5. The summed E-state index contributed by atoms with van der Waals surface area (Å²) in [6.45, 7) is 2.44. The predicted octanol–water partition coefficient (Wildman–Crippen LogP) is 0.391. The molecule has 3 unspecified atom stereocenters. The third kappa shape index (κ3) is 10.6. The van der Waals surface area contributed by atoms with Crippen LogP contribution in [-0.2, 0) is 46.5 Å². The lowest BCUT2D eigenvalue weighted by Gasteiger charge is -2.21. The van der Waals surface area contributed by atoms with Crippen molar-refractivity contribution in [2.45, 2.75) is 51.5 Å². The van der Waals surface area contributed by atoms with Crippen molar-refractivity contribution in [3.05, 3.63) is 71.9 Å². The van der Waals surface area contributed by atoms with Gasteiger partial charge in [-0.15, -0.1) is 0 Å². The Morgan fingerprint density at radius 1 is 0.894 bits per heavy atom. The van der Waals surface area contributed by atoms with E-state index in [1.807, 2.05) is 19.9 Å². The summed E-state index contributed by atoms with van der Waals surface area (Å²) in [7, 11) is 1.13. The van der Waals surface area contributed by atoms with Gasteiger partial charge in [0, 0.05) is 24.4 Å². The largest absolute Gasteiger partial charge is 0.467 e. The van der Waals surface area contributed by atoms with Crippen LogP contribution in [0.4, 0.5) is 4.79 Å². The van der Waals surface area contributed by atoms with Crippen molar-refractivity contribution < 1.29 is 43.3 Å². The molecule has 0 aliphatic rings. The number of aliphatic hydroxyl groups excluding tert-OH is 1. The van der Waals surface area contributed by atoms with Crippen LogP contribution in [0, 0.1) is 5.92 Å². The Morgan fingerprint density at radius 2 is 1.57 bits per heavy atom. The maximum Gasteiger partial charge on any atom is 0.409 e. The summed E-state index contributed by atoms with van der Waals surface area (Å²) in [6, 6.07) is 13.0. The van der Waals surface area contributed by atoms with E-state index >= 15 is 0 Å². The fraction of sp³-hybridized carbons (Fsp3) is 0.375. The molecule has 0 fully saturated rings. The minimum atomic E-state index is -1.44. The second-order valence-corrected chi connectivity index (χ2v) is 11.1. The summed E-state index contributed by atoms with van der Waals surface area (Å²) in [4.78, 5) is 75.2. The third-order valence-corrected chi connectivity index (χ3v) is 6.94. The van der Waals surface area contributed by atoms with E-state index in [4.69, 9.17) is 15.2 Å². The molecule has 0 bridgehead atoms. The molecule has 0 saturated heterocycles. The number of esters is 1. The SMILES string of the molecule is COC(=O)C(Cc1cn(C(NC(=O)OCc2ccccc2)C(N)=O)c2ccccc12)NC(=O)C(CO)NC(=O)CNC(=O)CC(C)C. The zero-order valence-corrected chi connectivity index (χ0v) is 26.4. The second kappa shape index (κ2) is 17.3. The van der Waals surface area contributed by atoms with Crippen LogP contribution in [0.2, 0.25) is 0 Å². The Balaban J connectivity index is 1.77.